The van der Waals surface area contributed by atoms with Crippen molar-refractivity contribution in [2.24, 2.45) is 5.11 Å². The van der Waals surface area contributed by atoms with Crippen molar-refractivity contribution in [2.45, 2.75) is 26.8 Å². The van der Waals surface area contributed by atoms with Crippen LogP contribution >= 0.6 is 0 Å². The molecule has 0 aliphatic rings. The van der Waals surface area contributed by atoms with Crippen molar-refractivity contribution in [3.05, 3.63) is 18.0 Å². The number of aryl methyl sites for hydroxylation is 1. The summed E-state index contributed by atoms with van der Waals surface area (Å²) in [7, 11) is 0. The van der Waals surface area contributed by atoms with Gasteiger partial charge in [0, 0.05) is 12.2 Å². The average Bonchev–Trinajstić information content (AvgIpc) is 2.08. The molecule has 0 saturated carbocycles. The smallest absolute Gasteiger partial charge is 0.111 e. The molecule has 2 N–H and O–H groups in total. The number of aromatic nitrogens is 1. The van der Waals surface area contributed by atoms with Crippen LogP contribution in [0.4, 0.5) is 11.4 Å². The first kappa shape index (κ1) is 9.64. The molecule has 1 aromatic heterocycles. The van der Waals surface area contributed by atoms with Gasteiger partial charge in [0.25, 0.3) is 0 Å². The predicted molar refractivity (Wildman–Crippen MR) is 52.5 cm³/mol. The first-order valence-corrected chi connectivity index (χ1v) is 4.24. The largest absolute Gasteiger partial charge is 0.380 e. The van der Waals surface area contributed by atoms with E-state index in [-0.39, 0.29) is 0 Å². The number of pyridine rings is 1. The zero-order chi connectivity index (χ0) is 9.84. The van der Waals surface area contributed by atoms with Crippen LogP contribution in [0.15, 0.2) is 17.4 Å². The number of hydrogen-bond donors (Lipinski definition) is 2. The molecule has 1 aromatic rings. The minimum absolute atomic E-state index is 0.323. The molecule has 13 heavy (non-hydrogen) atoms. The monoisotopic (exact) mass is 178 g/mol. The van der Waals surface area contributed by atoms with Crippen molar-refractivity contribution in [2.75, 3.05) is 5.32 Å². The van der Waals surface area contributed by atoms with Gasteiger partial charge in [-0.15, -0.1) is 0 Å². The topological polar surface area (TPSA) is 61.1 Å². The minimum atomic E-state index is 0.323. The van der Waals surface area contributed by atoms with E-state index < -0.39 is 0 Å². The Hall–Kier alpha value is -1.45. The summed E-state index contributed by atoms with van der Waals surface area (Å²) in [4.78, 5) is 4.13. The Labute approximate surface area is 77.9 Å². The molecule has 4 heteroatoms. The molecule has 0 aliphatic carbocycles. The summed E-state index contributed by atoms with van der Waals surface area (Å²) in [6, 6.07) is 2.05. The van der Waals surface area contributed by atoms with Crippen LogP contribution in [0.5, 0.6) is 0 Å². The van der Waals surface area contributed by atoms with E-state index in [1.807, 2.05) is 20.8 Å². The van der Waals surface area contributed by atoms with Crippen molar-refractivity contribution in [3.63, 3.8) is 0 Å². The minimum Gasteiger partial charge on any atom is -0.380 e. The molecule has 0 radical (unpaired) electrons. The molecule has 0 aromatic carbocycles. The van der Waals surface area contributed by atoms with Crippen molar-refractivity contribution in [3.8, 4) is 0 Å². The summed E-state index contributed by atoms with van der Waals surface area (Å²) >= 11 is 0. The lowest BCUT2D eigenvalue weighted by molar-refractivity contribution is 0.892. The second-order valence-corrected chi connectivity index (χ2v) is 3.20. The molecule has 0 saturated heterocycles. The van der Waals surface area contributed by atoms with E-state index in [1.165, 1.54) is 0 Å². The Bertz CT molecular complexity index is 306. The fourth-order valence-electron chi connectivity index (χ4n) is 1.11. The predicted octanol–water partition coefficient (Wildman–Crippen LogP) is 2.87. The summed E-state index contributed by atoms with van der Waals surface area (Å²) < 4.78 is 0. The van der Waals surface area contributed by atoms with Crippen molar-refractivity contribution >= 4 is 11.4 Å². The van der Waals surface area contributed by atoms with Gasteiger partial charge >= 0.3 is 0 Å². The first-order valence-electron chi connectivity index (χ1n) is 4.24. The van der Waals surface area contributed by atoms with Crippen LogP contribution in [0.1, 0.15) is 19.5 Å². The fourth-order valence-corrected chi connectivity index (χ4v) is 1.11. The van der Waals surface area contributed by atoms with Gasteiger partial charge in [-0.3, -0.25) is 4.98 Å². The van der Waals surface area contributed by atoms with Gasteiger partial charge in [-0.1, -0.05) is 0 Å². The highest BCUT2D eigenvalue weighted by Gasteiger charge is 2.06. The summed E-state index contributed by atoms with van der Waals surface area (Å²) in [6.45, 7) is 5.99. The van der Waals surface area contributed by atoms with Gasteiger partial charge in [-0.05, 0) is 26.8 Å². The van der Waals surface area contributed by atoms with Crippen LogP contribution in [0, 0.1) is 12.5 Å². The molecule has 0 atom stereocenters. The highest BCUT2D eigenvalue weighted by atomic mass is 15.0. The Balaban J connectivity index is 3.07. The summed E-state index contributed by atoms with van der Waals surface area (Å²) in [5.41, 5.74) is 9.35. The first-order chi connectivity index (χ1) is 6.15. The van der Waals surface area contributed by atoms with E-state index in [0.29, 0.717) is 11.7 Å². The zero-order valence-corrected chi connectivity index (χ0v) is 8.13. The van der Waals surface area contributed by atoms with E-state index in [0.717, 1.165) is 11.4 Å². The lowest BCUT2D eigenvalue weighted by atomic mass is 10.2. The van der Waals surface area contributed by atoms with Crippen LogP contribution < -0.4 is 5.32 Å². The van der Waals surface area contributed by atoms with Crippen LogP contribution in [-0.2, 0) is 0 Å². The van der Waals surface area contributed by atoms with Crippen LogP contribution in [0.25, 0.3) is 0 Å². The molecule has 0 unspecified atom stereocenters. The van der Waals surface area contributed by atoms with Gasteiger partial charge in [-0.2, -0.15) is 5.11 Å². The van der Waals surface area contributed by atoms with Crippen LogP contribution in [-0.4, -0.2) is 11.0 Å². The number of rotatable bonds is 3. The quantitative estimate of drug-likeness (QED) is 0.699. The molecule has 1 heterocycles. The van der Waals surface area contributed by atoms with Crippen LogP contribution in [0.2, 0.25) is 0 Å². The van der Waals surface area contributed by atoms with Crippen LogP contribution in [0.3, 0.4) is 0 Å². The average molecular weight is 178 g/mol. The zero-order valence-electron chi connectivity index (χ0n) is 8.13. The second kappa shape index (κ2) is 3.98. The fraction of sp³-hybridized carbons (Fsp3) is 0.444. The SMILES string of the molecule is Cc1nccc(N=N)c1NC(C)C. The molecule has 4 nitrogen and oxygen atoms in total. The van der Waals surface area contributed by atoms with Gasteiger partial charge in [0.15, 0.2) is 0 Å². The lowest BCUT2D eigenvalue weighted by Crippen LogP contribution is -2.11. The van der Waals surface area contributed by atoms with Gasteiger partial charge < -0.3 is 5.32 Å². The Morgan fingerprint density at radius 1 is 1.54 bits per heavy atom. The maximum absolute atomic E-state index is 6.98. The van der Waals surface area contributed by atoms with E-state index in [2.05, 4.69) is 15.4 Å². The van der Waals surface area contributed by atoms with E-state index in [4.69, 9.17) is 5.53 Å². The highest BCUT2D eigenvalue weighted by Crippen LogP contribution is 2.26. The normalized spacial score (nSPS) is 10.2. The van der Waals surface area contributed by atoms with Gasteiger partial charge in [0.2, 0.25) is 0 Å². The summed E-state index contributed by atoms with van der Waals surface area (Å²) in [5.74, 6) is 0. The molecule has 0 bridgehead atoms. The summed E-state index contributed by atoms with van der Waals surface area (Å²) in [6.07, 6.45) is 1.66. The molecule has 0 amide bonds. The number of nitrogens with one attached hydrogen (secondary N) is 2. The molecule has 1 rings (SSSR count). The number of anilines is 1. The Morgan fingerprint density at radius 2 is 2.23 bits per heavy atom. The molecular weight excluding hydrogens is 164 g/mol. The maximum Gasteiger partial charge on any atom is 0.111 e. The summed E-state index contributed by atoms with van der Waals surface area (Å²) in [5, 5.41) is 6.65. The Kier molecular flexibility index (Phi) is 2.95. The highest BCUT2D eigenvalue weighted by molar-refractivity contribution is 5.67. The third-order valence-electron chi connectivity index (χ3n) is 1.67. The Morgan fingerprint density at radius 3 is 2.77 bits per heavy atom. The van der Waals surface area contributed by atoms with Gasteiger partial charge in [0.05, 0.1) is 11.4 Å². The molecule has 0 aliphatic heterocycles. The molecular formula is C9H14N4. The molecule has 0 fully saturated rings. The number of nitrogens with zero attached hydrogens (tertiary/aromatic N) is 2. The van der Waals surface area contributed by atoms with Gasteiger partial charge in [-0.25, -0.2) is 5.53 Å². The maximum atomic E-state index is 6.98. The molecule has 70 valence electrons. The standard InChI is InChI=1S/C9H14N4/c1-6(2)12-9-7(3)11-5-4-8(9)13-10/h4-6,10,12H,1-3H3. The lowest BCUT2D eigenvalue weighted by Gasteiger charge is -2.13. The third-order valence-corrected chi connectivity index (χ3v) is 1.67. The van der Waals surface area contributed by atoms with Crippen molar-refractivity contribution in [1.82, 2.24) is 4.98 Å². The van der Waals surface area contributed by atoms with E-state index >= 15 is 0 Å². The number of hydrogen-bond acceptors (Lipinski definition) is 4. The second-order valence-electron chi connectivity index (χ2n) is 3.20. The van der Waals surface area contributed by atoms with Crippen molar-refractivity contribution in [1.29, 1.82) is 5.53 Å². The van der Waals surface area contributed by atoms with E-state index in [1.54, 1.807) is 12.3 Å². The van der Waals surface area contributed by atoms with Gasteiger partial charge in [0.1, 0.15) is 5.69 Å². The van der Waals surface area contributed by atoms with E-state index in [9.17, 15) is 0 Å². The third kappa shape index (κ3) is 2.24. The molecule has 0 spiro atoms. The van der Waals surface area contributed by atoms with Crippen molar-refractivity contribution < 1.29 is 0 Å².